The second kappa shape index (κ2) is 8.22. The molecule has 4 fully saturated rings. The molecule has 4 aliphatic carbocycles. The fourth-order valence-corrected chi connectivity index (χ4v) is 9.52. The van der Waals surface area contributed by atoms with E-state index in [0.717, 1.165) is 50.5 Å². The predicted octanol–water partition coefficient (Wildman–Crippen LogP) is 6.17. The largest absolute Gasteiger partial charge is 0.393 e. The number of hydrogen-bond donors (Lipinski definition) is 2. The SMILES string of the molecule is C=C(C(=O)C[C@@H](C)[C@H]1CC[C@]2(O)[C@@H]3CC[C@H]4[C@H](C)[C@@H](O)CC[C@]4(C)[C@@H]3CC[C@]12C)C(C)C. The van der Waals surface area contributed by atoms with Crippen LogP contribution in [0.15, 0.2) is 12.2 Å². The molecular formula is C29H48O3. The molecule has 0 aliphatic heterocycles. The zero-order valence-electron chi connectivity index (χ0n) is 21.5. The van der Waals surface area contributed by atoms with Gasteiger partial charge in [-0.3, -0.25) is 4.79 Å². The molecule has 4 rings (SSSR count). The van der Waals surface area contributed by atoms with Gasteiger partial charge in [0.2, 0.25) is 0 Å². The molecule has 2 N–H and O–H groups in total. The van der Waals surface area contributed by atoms with E-state index in [1.165, 1.54) is 6.42 Å². The molecule has 32 heavy (non-hydrogen) atoms. The predicted molar refractivity (Wildman–Crippen MR) is 130 cm³/mol. The number of rotatable bonds is 5. The maximum atomic E-state index is 12.8. The highest BCUT2D eigenvalue weighted by atomic mass is 16.3. The number of allylic oxidation sites excluding steroid dienone is 1. The highest BCUT2D eigenvalue weighted by Gasteiger charge is 2.68. The lowest BCUT2D eigenvalue weighted by atomic mass is 9.42. The molecule has 0 bridgehead atoms. The summed E-state index contributed by atoms with van der Waals surface area (Å²) in [7, 11) is 0. The Hall–Kier alpha value is -0.670. The second-order valence-electron chi connectivity index (χ2n) is 13.2. The first kappa shape index (κ1) is 24.5. The van der Waals surface area contributed by atoms with Crippen LogP contribution >= 0.6 is 0 Å². The summed E-state index contributed by atoms with van der Waals surface area (Å²) >= 11 is 0. The number of carbonyl (C=O) groups excluding carboxylic acids is 1. The van der Waals surface area contributed by atoms with E-state index in [2.05, 4.69) is 34.3 Å². The molecule has 182 valence electrons. The van der Waals surface area contributed by atoms with Gasteiger partial charge in [-0.2, -0.15) is 0 Å². The zero-order chi connectivity index (χ0) is 23.6. The Morgan fingerprint density at radius 1 is 0.969 bits per heavy atom. The van der Waals surface area contributed by atoms with Gasteiger partial charge in [-0.1, -0.05) is 48.1 Å². The number of aliphatic hydroxyl groups excluding tert-OH is 1. The zero-order valence-corrected chi connectivity index (χ0v) is 21.5. The van der Waals surface area contributed by atoms with Gasteiger partial charge in [0.15, 0.2) is 5.78 Å². The normalized spacial score (nSPS) is 49.2. The highest BCUT2D eigenvalue weighted by molar-refractivity contribution is 5.95. The van der Waals surface area contributed by atoms with Crippen LogP contribution < -0.4 is 0 Å². The molecule has 4 aliphatic rings. The van der Waals surface area contributed by atoms with E-state index in [9.17, 15) is 15.0 Å². The lowest BCUT2D eigenvalue weighted by Crippen LogP contribution is -2.63. The molecule has 0 saturated heterocycles. The molecule has 3 nitrogen and oxygen atoms in total. The molecule has 0 spiro atoms. The molecule has 10 atom stereocenters. The van der Waals surface area contributed by atoms with E-state index in [1.807, 2.05) is 13.8 Å². The van der Waals surface area contributed by atoms with Crippen molar-refractivity contribution in [2.24, 2.45) is 52.3 Å². The monoisotopic (exact) mass is 444 g/mol. The molecule has 0 aromatic carbocycles. The fourth-order valence-electron chi connectivity index (χ4n) is 9.52. The van der Waals surface area contributed by atoms with Crippen molar-refractivity contribution in [3.63, 3.8) is 0 Å². The third-order valence-electron chi connectivity index (χ3n) is 11.7. The lowest BCUT2D eigenvalue weighted by molar-refractivity contribution is -0.220. The topological polar surface area (TPSA) is 57.5 Å². The minimum atomic E-state index is -0.611. The van der Waals surface area contributed by atoms with E-state index in [-0.39, 0.29) is 34.6 Å². The van der Waals surface area contributed by atoms with E-state index in [1.54, 1.807) is 0 Å². The summed E-state index contributed by atoms with van der Waals surface area (Å²) in [4.78, 5) is 12.8. The van der Waals surface area contributed by atoms with E-state index < -0.39 is 5.60 Å². The quantitative estimate of drug-likeness (QED) is 0.498. The fraction of sp³-hybridized carbons (Fsp3) is 0.897. The van der Waals surface area contributed by atoms with Crippen molar-refractivity contribution in [3.05, 3.63) is 12.2 Å². The summed E-state index contributed by atoms with van der Waals surface area (Å²) in [5.41, 5.74) is 0.280. The number of carbonyl (C=O) groups is 1. The lowest BCUT2D eigenvalue weighted by Gasteiger charge is -2.65. The molecule has 0 heterocycles. The third-order valence-corrected chi connectivity index (χ3v) is 11.7. The van der Waals surface area contributed by atoms with Crippen LogP contribution in [-0.4, -0.2) is 27.7 Å². The van der Waals surface area contributed by atoms with Crippen molar-refractivity contribution in [2.75, 3.05) is 0 Å². The number of hydrogen-bond acceptors (Lipinski definition) is 3. The van der Waals surface area contributed by atoms with Crippen molar-refractivity contribution < 1.29 is 15.0 Å². The van der Waals surface area contributed by atoms with Crippen LogP contribution in [-0.2, 0) is 4.79 Å². The number of ketones is 1. The van der Waals surface area contributed by atoms with Gasteiger partial charge >= 0.3 is 0 Å². The van der Waals surface area contributed by atoms with Crippen molar-refractivity contribution in [3.8, 4) is 0 Å². The first-order valence-corrected chi connectivity index (χ1v) is 13.5. The van der Waals surface area contributed by atoms with Crippen LogP contribution in [0.3, 0.4) is 0 Å². The van der Waals surface area contributed by atoms with Gasteiger partial charge in [-0.05, 0) is 109 Å². The Bertz CT molecular complexity index is 758. The van der Waals surface area contributed by atoms with Crippen molar-refractivity contribution in [1.82, 2.24) is 0 Å². The molecule has 0 amide bonds. The Morgan fingerprint density at radius 2 is 1.62 bits per heavy atom. The minimum Gasteiger partial charge on any atom is -0.393 e. The van der Waals surface area contributed by atoms with Gasteiger partial charge in [-0.15, -0.1) is 0 Å². The van der Waals surface area contributed by atoms with Crippen LogP contribution in [0.2, 0.25) is 0 Å². The first-order chi connectivity index (χ1) is 14.9. The van der Waals surface area contributed by atoms with Crippen molar-refractivity contribution >= 4 is 5.78 Å². The smallest absolute Gasteiger partial charge is 0.158 e. The Labute approximate surface area is 196 Å². The molecule has 4 saturated carbocycles. The summed E-state index contributed by atoms with van der Waals surface area (Å²) in [5, 5.41) is 22.9. The van der Waals surface area contributed by atoms with Gasteiger partial charge in [-0.25, -0.2) is 0 Å². The maximum absolute atomic E-state index is 12.8. The first-order valence-electron chi connectivity index (χ1n) is 13.5. The minimum absolute atomic E-state index is 0.101. The summed E-state index contributed by atoms with van der Waals surface area (Å²) < 4.78 is 0. The second-order valence-corrected chi connectivity index (χ2v) is 13.2. The van der Waals surface area contributed by atoms with Crippen molar-refractivity contribution in [1.29, 1.82) is 0 Å². The van der Waals surface area contributed by atoms with Crippen LogP contribution in [0.1, 0.15) is 99.3 Å². The van der Waals surface area contributed by atoms with E-state index >= 15 is 0 Å². The third kappa shape index (κ3) is 3.39. The summed E-state index contributed by atoms with van der Waals surface area (Å²) in [6.07, 6.45) is 8.84. The number of aliphatic hydroxyl groups is 2. The van der Waals surface area contributed by atoms with Crippen molar-refractivity contribution in [2.45, 2.75) is 111 Å². The van der Waals surface area contributed by atoms with Gasteiger partial charge in [0.05, 0.1) is 11.7 Å². The Balaban J connectivity index is 1.56. The summed E-state index contributed by atoms with van der Waals surface area (Å²) in [6.45, 7) is 17.5. The van der Waals surface area contributed by atoms with Crippen LogP contribution in [0.5, 0.6) is 0 Å². The van der Waals surface area contributed by atoms with Crippen LogP contribution in [0, 0.1) is 52.3 Å². The van der Waals surface area contributed by atoms with E-state index in [0.29, 0.717) is 36.0 Å². The van der Waals surface area contributed by atoms with Crippen LogP contribution in [0.25, 0.3) is 0 Å². The molecule has 0 aromatic heterocycles. The molecule has 0 unspecified atom stereocenters. The number of fused-ring (bicyclic) bond motifs is 5. The molecule has 0 radical (unpaired) electrons. The Kier molecular flexibility index (Phi) is 6.28. The van der Waals surface area contributed by atoms with Gasteiger partial charge in [0.25, 0.3) is 0 Å². The summed E-state index contributed by atoms with van der Waals surface area (Å²) in [6, 6.07) is 0. The average Bonchev–Trinajstić information content (AvgIpc) is 3.02. The van der Waals surface area contributed by atoms with Gasteiger partial charge < -0.3 is 10.2 Å². The van der Waals surface area contributed by atoms with Gasteiger partial charge in [0.1, 0.15) is 0 Å². The Morgan fingerprint density at radius 3 is 2.28 bits per heavy atom. The number of Topliss-reactive ketones (excluding diaryl/α,β-unsaturated/α-hetero) is 1. The van der Waals surface area contributed by atoms with Gasteiger partial charge in [0, 0.05) is 6.42 Å². The summed E-state index contributed by atoms with van der Waals surface area (Å²) in [5.74, 6) is 2.97. The molecule has 3 heteroatoms. The standard InChI is InChI=1S/C29H48O3/c1-17(2)19(4)26(31)16-18(3)21-11-15-29(32)24-9-8-22-20(5)25(30)12-13-27(22,6)23(24)10-14-28(21,29)7/h17-18,20-25,30,32H,4,8-16H2,1-3,5-7H3/t18-,20+,21-,22+,23-,24-,25+,27+,28-,29+/m1/s1. The molecular weight excluding hydrogens is 396 g/mol. The maximum Gasteiger partial charge on any atom is 0.158 e. The average molecular weight is 445 g/mol. The highest BCUT2D eigenvalue weighted by Crippen LogP contribution is 2.70. The van der Waals surface area contributed by atoms with E-state index in [4.69, 9.17) is 0 Å². The van der Waals surface area contributed by atoms with Crippen LogP contribution in [0.4, 0.5) is 0 Å². The molecule has 0 aromatic rings.